The minimum absolute atomic E-state index is 0.00227. The van der Waals surface area contributed by atoms with Gasteiger partial charge in [0.1, 0.15) is 0 Å². The molecule has 3 rings (SSSR count). The fourth-order valence-electron chi connectivity index (χ4n) is 2.76. The highest BCUT2D eigenvalue weighted by molar-refractivity contribution is 5.93. The van der Waals surface area contributed by atoms with Crippen LogP contribution in [0.3, 0.4) is 0 Å². The van der Waals surface area contributed by atoms with E-state index in [-0.39, 0.29) is 12.0 Å². The van der Waals surface area contributed by atoms with Crippen molar-refractivity contribution in [2.45, 2.75) is 26.1 Å². The van der Waals surface area contributed by atoms with Crippen LogP contribution in [0.2, 0.25) is 0 Å². The molecule has 0 N–H and O–H groups in total. The van der Waals surface area contributed by atoms with Crippen molar-refractivity contribution >= 4 is 5.91 Å². The highest BCUT2D eigenvalue weighted by Gasteiger charge is 2.26. The molecule has 2 aromatic rings. The third-order valence-electron chi connectivity index (χ3n) is 3.74. The van der Waals surface area contributed by atoms with Crippen molar-refractivity contribution in [1.82, 2.24) is 19.2 Å². The van der Waals surface area contributed by atoms with Gasteiger partial charge in [-0.2, -0.15) is 5.10 Å². The monoisotopic (exact) mass is 288 g/mol. The van der Waals surface area contributed by atoms with Crippen molar-refractivity contribution in [2.75, 3.05) is 13.2 Å². The molecule has 1 aliphatic rings. The summed E-state index contributed by atoms with van der Waals surface area (Å²) in [5.41, 5.74) is 1.75. The first-order valence-electron chi connectivity index (χ1n) is 7.21. The van der Waals surface area contributed by atoms with Gasteiger partial charge < -0.3 is 14.2 Å². The molecule has 2 aromatic heterocycles. The van der Waals surface area contributed by atoms with E-state index in [0.717, 1.165) is 12.2 Å². The molecule has 0 saturated heterocycles. The largest absolute Gasteiger partial charge is 0.375 e. The highest BCUT2D eigenvalue weighted by atomic mass is 16.5. The second-order valence-corrected chi connectivity index (χ2v) is 5.32. The molecule has 21 heavy (non-hydrogen) atoms. The molecule has 0 aliphatic carbocycles. The van der Waals surface area contributed by atoms with Gasteiger partial charge in [-0.05, 0) is 19.1 Å². The summed E-state index contributed by atoms with van der Waals surface area (Å²) in [7, 11) is 1.81. The van der Waals surface area contributed by atoms with Gasteiger partial charge in [0.25, 0.3) is 5.91 Å². The molecule has 0 fully saturated rings. The molecule has 0 saturated carbocycles. The van der Waals surface area contributed by atoms with E-state index in [4.69, 9.17) is 4.74 Å². The van der Waals surface area contributed by atoms with E-state index in [1.54, 1.807) is 17.1 Å². The Bertz CT molecular complexity index is 631. The maximum atomic E-state index is 12.7. The lowest BCUT2D eigenvalue weighted by atomic mass is 10.2. The van der Waals surface area contributed by atoms with Crippen molar-refractivity contribution in [3.8, 4) is 0 Å². The smallest absolute Gasteiger partial charge is 0.257 e. The molecule has 1 aliphatic heterocycles. The third-order valence-corrected chi connectivity index (χ3v) is 3.74. The fourth-order valence-corrected chi connectivity index (χ4v) is 2.76. The van der Waals surface area contributed by atoms with Gasteiger partial charge in [0.05, 0.1) is 31.0 Å². The maximum Gasteiger partial charge on any atom is 0.257 e. The molecule has 112 valence electrons. The van der Waals surface area contributed by atoms with E-state index in [0.29, 0.717) is 25.3 Å². The summed E-state index contributed by atoms with van der Waals surface area (Å²) in [4.78, 5) is 14.5. The van der Waals surface area contributed by atoms with Crippen molar-refractivity contribution in [2.24, 2.45) is 7.05 Å². The molecule has 3 heterocycles. The number of amides is 1. The molecule has 6 heteroatoms. The average molecular weight is 288 g/mol. The first-order chi connectivity index (χ1) is 10.2. The van der Waals surface area contributed by atoms with E-state index < -0.39 is 0 Å². The average Bonchev–Trinajstić information content (AvgIpc) is 3.04. The van der Waals surface area contributed by atoms with Gasteiger partial charge >= 0.3 is 0 Å². The van der Waals surface area contributed by atoms with Crippen LogP contribution in [-0.4, -0.2) is 44.4 Å². The standard InChI is InChI=1S/C15H20N4O2/c1-3-21-14-10-18-6-4-5-13(18)9-19(11-14)15(20)12-7-16-17(2)8-12/h4-8,14H,3,9-11H2,1-2H3. The van der Waals surface area contributed by atoms with Crippen LogP contribution in [-0.2, 0) is 24.9 Å². The predicted octanol–water partition coefficient (Wildman–Crippen LogP) is 1.28. The number of hydrogen-bond donors (Lipinski definition) is 0. The number of carbonyl (C=O) groups is 1. The zero-order valence-corrected chi connectivity index (χ0v) is 12.4. The number of fused-ring (bicyclic) bond motifs is 1. The molecule has 0 aromatic carbocycles. The van der Waals surface area contributed by atoms with Gasteiger partial charge in [-0.25, -0.2) is 0 Å². The maximum absolute atomic E-state index is 12.7. The summed E-state index contributed by atoms with van der Waals surface area (Å²) in [6.45, 7) is 4.62. The van der Waals surface area contributed by atoms with Crippen LogP contribution in [0.1, 0.15) is 23.0 Å². The number of rotatable bonds is 3. The minimum Gasteiger partial charge on any atom is -0.375 e. The van der Waals surface area contributed by atoms with Gasteiger partial charge in [-0.3, -0.25) is 9.48 Å². The molecule has 6 nitrogen and oxygen atoms in total. The van der Waals surface area contributed by atoms with Gasteiger partial charge in [-0.15, -0.1) is 0 Å². The number of aryl methyl sites for hydroxylation is 1. The Morgan fingerprint density at radius 2 is 2.33 bits per heavy atom. The summed E-state index contributed by atoms with van der Waals surface area (Å²) >= 11 is 0. The normalized spacial score (nSPS) is 18.4. The van der Waals surface area contributed by atoms with Crippen molar-refractivity contribution in [3.63, 3.8) is 0 Å². The lowest BCUT2D eigenvalue weighted by Gasteiger charge is -2.23. The summed E-state index contributed by atoms with van der Waals surface area (Å²) in [6, 6.07) is 4.06. The molecule has 1 atom stereocenters. The lowest BCUT2D eigenvalue weighted by Crippen LogP contribution is -2.37. The van der Waals surface area contributed by atoms with Crippen molar-refractivity contribution in [1.29, 1.82) is 0 Å². The summed E-state index contributed by atoms with van der Waals surface area (Å²) in [5.74, 6) is 0.00227. The third kappa shape index (κ3) is 2.85. The second kappa shape index (κ2) is 5.73. The molecular weight excluding hydrogens is 268 g/mol. The zero-order valence-electron chi connectivity index (χ0n) is 12.4. The van der Waals surface area contributed by atoms with Crippen molar-refractivity contribution in [3.05, 3.63) is 42.0 Å². The lowest BCUT2D eigenvalue weighted by molar-refractivity contribution is 0.0258. The van der Waals surface area contributed by atoms with Crippen LogP contribution in [0, 0.1) is 0 Å². The zero-order chi connectivity index (χ0) is 14.8. The molecule has 0 bridgehead atoms. The van der Waals surface area contributed by atoms with E-state index >= 15 is 0 Å². The predicted molar refractivity (Wildman–Crippen MR) is 77.8 cm³/mol. The number of aromatic nitrogens is 3. The Morgan fingerprint density at radius 1 is 1.48 bits per heavy atom. The number of hydrogen-bond acceptors (Lipinski definition) is 3. The van der Waals surface area contributed by atoms with E-state index in [1.165, 1.54) is 0 Å². The van der Waals surface area contributed by atoms with Crippen LogP contribution in [0.5, 0.6) is 0 Å². The number of nitrogens with zero attached hydrogens (tertiary/aromatic N) is 4. The molecule has 0 spiro atoms. The Labute approximate surface area is 123 Å². The molecular formula is C15H20N4O2. The fraction of sp³-hybridized carbons (Fsp3) is 0.467. The highest BCUT2D eigenvalue weighted by Crippen LogP contribution is 2.17. The van der Waals surface area contributed by atoms with Crippen LogP contribution in [0.15, 0.2) is 30.7 Å². The Balaban J connectivity index is 1.85. The van der Waals surface area contributed by atoms with E-state index in [2.05, 4.69) is 15.7 Å². The first-order valence-corrected chi connectivity index (χ1v) is 7.21. The molecule has 0 radical (unpaired) electrons. The van der Waals surface area contributed by atoms with Crippen molar-refractivity contribution < 1.29 is 9.53 Å². The summed E-state index contributed by atoms with van der Waals surface area (Å²) in [5, 5.41) is 4.08. The second-order valence-electron chi connectivity index (χ2n) is 5.32. The van der Waals surface area contributed by atoms with Gasteiger partial charge in [0.2, 0.25) is 0 Å². The Morgan fingerprint density at radius 3 is 3.05 bits per heavy atom. The van der Waals surface area contributed by atoms with E-state index in [1.807, 2.05) is 31.1 Å². The SMILES string of the molecule is CCOC1CN(C(=O)c2cnn(C)c2)Cc2cccn2C1. The quantitative estimate of drug-likeness (QED) is 0.855. The Hall–Kier alpha value is -2.08. The van der Waals surface area contributed by atoms with Crippen LogP contribution in [0.25, 0.3) is 0 Å². The van der Waals surface area contributed by atoms with Crippen LogP contribution in [0.4, 0.5) is 0 Å². The van der Waals surface area contributed by atoms with Gasteiger partial charge in [0, 0.05) is 38.3 Å². The van der Waals surface area contributed by atoms with E-state index in [9.17, 15) is 4.79 Å². The Kier molecular flexibility index (Phi) is 3.79. The minimum atomic E-state index is 0.00227. The molecule has 1 amide bonds. The number of carbonyl (C=O) groups excluding carboxylic acids is 1. The summed E-state index contributed by atoms with van der Waals surface area (Å²) in [6.07, 6.45) is 5.42. The summed E-state index contributed by atoms with van der Waals surface area (Å²) < 4.78 is 9.59. The van der Waals surface area contributed by atoms with Gasteiger partial charge in [0.15, 0.2) is 0 Å². The van der Waals surface area contributed by atoms with Crippen LogP contribution >= 0.6 is 0 Å². The number of ether oxygens (including phenoxy) is 1. The van der Waals surface area contributed by atoms with Crippen LogP contribution < -0.4 is 0 Å². The topological polar surface area (TPSA) is 52.3 Å². The van der Waals surface area contributed by atoms with Gasteiger partial charge in [-0.1, -0.05) is 0 Å². The first kappa shape index (κ1) is 13.9. The molecule has 1 unspecified atom stereocenters.